The first-order valence-electron chi connectivity index (χ1n) is 12.8. The highest BCUT2D eigenvalue weighted by Gasteiger charge is 2.44. The largest absolute Gasteiger partial charge is 0.631 e. The molecule has 0 saturated carbocycles. The van der Waals surface area contributed by atoms with Gasteiger partial charge in [-0.1, -0.05) is 114 Å². The standard InChI is InChI=1S/C30H45IO4P/c1-18-21-14-19(27(2,3)4)16-23(29(8,9)10)25(21)33-36(32,35-31)34-26-22(18)15-20(28(5,6)7)17-24(26)30(11,12)13/h14-18,31H,1-13H3/q+1. The van der Waals surface area contributed by atoms with E-state index >= 15 is 0 Å². The molecule has 0 amide bonds. The maximum atomic E-state index is 14.1. The van der Waals surface area contributed by atoms with Crippen LogP contribution in [0.2, 0.25) is 0 Å². The van der Waals surface area contributed by atoms with Crippen LogP contribution in [-0.4, -0.2) is 0 Å². The predicted octanol–water partition coefficient (Wildman–Crippen LogP) is 6.12. The number of fused-ring (bicyclic) bond motifs is 2. The minimum absolute atomic E-state index is 0.0479. The first-order chi connectivity index (χ1) is 16.1. The molecule has 0 bridgehead atoms. The van der Waals surface area contributed by atoms with Gasteiger partial charge in [-0.2, -0.15) is 0 Å². The van der Waals surface area contributed by atoms with Crippen molar-refractivity contribution in [3.63, 3.8) is 0 Å². The van der Waals surface area contributed by atoms with E-state index in [0.29, 0.717) is 11.5 Å². The highest BCUT2D eigenvalue weighted by atomic mass is 127. The van der Waals surface area contributed by atoms with Gasteiger partial charge in [-0.15, -0.1) is 0 Å². The number of benzene rings is 2. The van der Waals surface area contributed by atoms with Crippen molar-refractivity contribution in [2.45, 2.75) is 118 Å². The summed E-state index contributed by atoms with van der Waals surface area (Å²) in [6, 6.07) is 8.85. The van der Waals surface area contributed by atoms with Gasteiger partial charge in [-0.3, -0.25) is 0 Å². The Morgan fingerprint density at radius 3 is 1.25 bits per heavy atom. The molecule has 2 aromatic carbocycles. The molecule has 0 N–H and O–H groups in total. The lowest BCUT2D eigenvalue weighted by atomic mass is 9.74. The van der Waals surface area contributed by atoms with E-state index in [1.807, 2.05) is 0 Å². The first kappa shape index (κ1) is 29.5. The molecular formula is C30H45IO4P+. The number of halogens is 1. The molecule has 1 aliphatic heterocycles. The predicted molar refractivity (Wildman–Crippen MR) is 147 cm³/mol. The molecule has 1 aliphatic rings. The molecule has 0 atom stereocenters. The SMILES string of the molecule is CC1c2cc(C(C)(C)C)cc(C(C)(C)C)c2OP(=O)(O[IH+])Oc2c1cc(C(C)(C)C)cc2C(C)(C)C. The van der Waals surface area contributed by atoms with Crippen LogP contribution in [0.3, 0.4) is 0 Å². The summed E-state index contributed by atoms with van der Waals surface area (Å²) >= 11 is 1.31. The van der Waals surface area contributed by atoms with Crippen molar-refractivity contribution >= 4 is 7.82 Å². The van der Waals surface area contributed by atoms with Crippen LogP contribution in [0.1, 0.15) is 129 Å². The van der Waals surface area contributed by atoms with E-state index < -0.39 is 7.82 Å². The Hall–Kier alpha value is -1.04. The van der Waals surface area contributed by atoms with E-state index in [1.54, 1.807) is 0 Å². The molecule has 36 heavy (non-hydrogen) atoms. The maximum absolute atomic E-state index is 14.1. The Balaban J connectivity index is 2.53. The van der Waals surface area contributed by atoms with Gasteiger partial charge in [0, 0.05) is 28.2 Å². The molecule has 0 spiro atoms. The quantitative estimate of drug-likeness (QED) is 0.282. The van der Waals surface area contributed by atoms with Crippen LogP contribution in [0.25, 0.3) is 0 Å². The Bertz CT molecular complexity index is 1110. The second kappa shape index (κ2) is 9.31. The Morgan fingerprint density at radius 1 is 0.667 bits per heavy atom. The fraction of sp³-hybridized carbons (Fsp3) is 0.600. The molecule has 0 unspecified atom stereocenters. The van der Waals surface area contributed by atoms with E-state index in [4.69, 9.17) is 11.9 Å². The lowest BCUT2D eigenvalue weighted by molar-refractivity contribution is -0.642. The zero-order valence-corrected chi connectivity index (χ0v) is 27.6. The van der Waals surface area contributed by atoms with Crippen LogP contribution in [0.5, 0.6) is 11.5 Å². The smallest absolute Gasteiger partial charge is 0.392 e. The van der Waals surface area contributed by atoms with Gasteiger partial charge < -0.3 is 9.05 Å². The van der Waals surface area contributed by atoms with Gasteiger partial charge in [-0.25, -0.2) is 4.57 Å². The molecule has 6 heteroatoms. The van der Waals surface area contributed by atoms with Gasteiger partial charge in [0.25, 0.3) is 0 Å². The van der Waals surface area contributed by atoms with Crippen molar-refractivity contribution in [3.05, 3.63) is 57.6 Å². The Morgan fingerprint density at radius 2 is 1.00 bits per heavy atom. The zero-order valence-electron chi connectivity index (χ0n) is 24.4. The van der Waals surface area contributed by atoms with Gasteiger partial charge in [-0.05, 0) is 35.6 Å². The fourth-order valence-corrected chi connectivity index (χ4v) is 6.04. The summed E-state index contributed by atoms with van der Waals surface area (Å²) in [5.74, 6) is 1.17. The summed E-state index contributed by atoms with van der Waals surface area (Å²) < 4.78 is 32.2. The summed E-state index contributed by atoms with van der Waals surface area (Å²) in [6.45, 7) is 28.5. The molecule has 3 rings (SSSR count). The van der Waals surface area contributed by atoms with E-state index in [9.17, 15) is 4.57 Å². The summed E-state index contributed by atoms with van der Waals surface area (Å²) in [4.78, 5) is 0. The normalized spacial score (nSPS) is 21.0. The topological polar surface area (TPSA) is 44.8 Å². The van der Waals surface area contributed by atoms with Gasteiger partial charge in [0.1, 0.15) is 11.5 Å². The van der Waals surface area contributed by atoms with Gasteiger partial charge >= 0.3 is 30.8 Å². The minimum atomic E-state index is -3.96. The summed E-state index contributed by atoms with van der Waals surface area (Å²) in [5.41, 5.74) is 5.88. The van der Waals surface area contributed by atoms with Crippen molar-refractivity contribution < 1.29 is 39.5 Å². The first-order valence-corrected chi connectivity index (χ1v) is 15.2. The third-order valence-electron chi connectivity index (χ3n) is 7.01. The van der Waals surface area contributed by atoms with Crippen molar-refractivity contribution in [3.8, 4) is 11.5 Å². The average molecular weight is 628 g/mol. The number of hydrogen-bond donors (Lipinski definition) is 0. The summed E-state index contributed by atoms with van der Waals surface area (Å²) in [6.07, 6.45) is 0. The van der Waals surface area contributed by atoms with Crippen molar-refractivity contribution in [1.29, 1.82) is 0 Å². The van der Waals surface area contributed by atoms with Crippen LogP contribution < -0.4 is 32.1 Å². The highest BCUT2D eigenvalue weighted by molar-refractivity contribution is 7.49. The average Bonchev–Trinajstić information content (AvgIpc) is 2.69. The van der Waals surface area contributed by atoms with Crippen LogP contribution in [-0.2, 0) is 29.1 Å². The van der Waals surface area contributed by atoms with Crippen LogP contribution in [0.4, 0.5) is 0 Å². The molecule has 0 aliphatic carbocycles. The van der Waals surface area contributed by atoms with Crippen molar-refractivity contribution in [2.24, 2.45) is 0 Å². The summed E-state index contributed by atoms with van der Waals surface area (Å²) in [7, 11) is -3.96. The molecule has 200 valence electrons. The molecule has 1 heterocycles. The van der Waals surface area contributed by atoms with Gasteiger partial charge in [0.15, 0.2) is 0 Å². The second-order valence-corrected chi connectivity index (χ2v) is 17.0. The fourth-order valence-electron chi connectivity index (χ4n) is 4.57. The summed E-state index contributed by atoms with van der Waals surface area (Å²) in [5, 5.41) is 0. The second-order valence-electron chi connectivity index (χ2n) is 14.3. The third-order valence-corrected chi connectivity index (χ3v) is 9.57. The van der Waals surface area contributed by atoms with Gasteiger partial charge in [0.2, 0.25) is 0 Å². The molecule has 0 aromatic heterocycles. The molecule has 2 aromatic rings. The Labute approximate surface area is 233 Å². The molecule has 0 saturated heterocycles. The van der Waals surface area contributed by atoms with E-state index in [0.717, 1.165) is 22.3 Å². The van der Waals surface area contributed by atoms with Crippen molar-refractivity contribution in [2.75, 3.05) is 0 Å². The molecule has 0 radical (unpaired) electrons. The van der Waals surface area contributed by atoms with E-state index in [1.165, 1.54) is 34.1 Å². The molecule has 0 fully saturated rings. The Kier molecular flexibility index (Phi) is 7.63. The van der Waals surface area contributed by atoms with Crippen LogP contribution >= 0.6 is 7.82 Å². The van der Waals surface area contributed by atoms with E-state index in [2.05, 4.69) is 114 Å². The molecular weight excluding hydrogens is 582 g/mol. The lowest BCUT2D eigenvalue weighted by Crippen LogP contribution is -3.33. The van der Waals surface area contributed by atoms with Crippen molar-refractivity contribution in [1.82, 2.24) is 0 Å². The monoisotopic (exact) mass is 627 g/mol. The molecule has 4 nitrogen and oxygen atoms in total. The highest BCUT2D eigenvalue weighted by Crippen LogP contribution is 2.58. The number of phosphoric ester groups is 1. The lowest BCUT2D eigenvalue weighted by Gasteiger charge is -2.35. The van der Waals surface area contributed by atoms with Crippen LogP contribution in [0.15, 0.2) is 24.3 Å². The number of rotatable bonds is 1. The third kappa shape index (κ3) is 5.83. The van der Waals surface area contributed by atoms with Gasteiger partial charge in [0.05, 0.1) is 0 Å². The number of phosphoric acid groups is 1. The zero-order chi connectivity index (χ0) is 27.6. The maximum Gasteiger partial charge on any atom is 0.631 e. The minimum Gasteiger partial charge on any atom is -0.392 e. The van der Waals surface area contributed by atoms with E-state index in [-0.39, 0.29) is 27.6 Å². The number of hydrogen-bond acceptors (Lipinski definition) is 4. The van der Waals surface area contributed by atoms with Crippen LogP contribution in [0, 0.1) is 0 Å².